The van der Waals surface area contributed by atoms with Gasteiger partial charge in [0.2, 0.25) is 5.91 Å². The zero-order valence-corrected chi connectivity index (χ0v) is 13.2. The minimum atomic E-state index is -0.385. The number of pyridine rings is 1. The van der Waals surface area contributed by atoms with Crippen LogP contribution >= 0.6 is 0 Å². The molecule has 1 aromatic carbocycles. The Morgan fingerprint density at radius 3 is 2.88 bits per heavy atom. The molecule has 122 valence electrons. The lowest BCUT2D eigenvalue weighted by Crippen LogP contribution is -2.18. The van der Waals surface area contributed by atoms with Gasteiger partial charge in [0, 0.05) is 47.0 Å². The standard InChI is InChI=1S/C19H18FN3O/c20-16-12(2-1-3-13(16)14-4-7-21-18(14)24)11-8-15-17(22-9-11)23-10-19(15)5-6-19/h1-3,8-9,14H,4-7,10H2,(H,21,24)(H,22,23). The van der Waals surface area contributed by atoms with Crippen LogP contribution in [0.3, 0.4) is 0 Å². The van der Waals surface area contributed by atoms with E-state index in [4.69, 9.17) is 0 Å². The Hall–Kier alpha value is -2.43. The van der Waals surface area contributed by atoms with Gasteiger partial charge in [0.15, 0.2) is 0 Å². The molecule has 0 bridgehead atoms. The lowest BCUT2D eigenvalue weighted by atomic mass is 9.92. The third-order valence-electron chi connectivity index (χ3n) is 5.67. The van der Waals surface area contributed by atoms with Crippen molar-refractivity contribution < 1.29 is 9.18 Å². The Labute approximate surface area is 139 Å². The summed E-state index contributed by atoms with van der Waals surface area (Å²) in [6, 6.07) is 7.40. The second-order valence-corrected chi connectivity index (χ2v) is 7.10. The molecule has 1 aromatic heterocycles. The summed E-state index contributed by atoms with van der Waals surface area (Å²) >= 11 is 0. The van der Waals surface area contributed by atoms with Crippen LogP contribution in [0.5, 0.6) is 0 Å². The Bertz CT molecular complexity index is 860. The van der Waals surface area contributed by atoms with E-state index in [0.717, 1.165) is 17.9 Å². The second-order valence-electron chi connectivity index (χ2n) is 7.10. The topological polar surface area (TPSA) is 54.0 Å². The highest BCUT2D eigenvalue weighted by Gasteiger charge is 2.49. The maximum Gasteiger partial charge on any atom is 0.227 e. The van der Waals surface area contributed by atoms with Crippen molar-refractivity contribution >= 4 is 11.7 Å². The summed E-state index contributed by atoms with van der Waals surface area (Å²) in [6.45, 7) is 1.55. The molecule has 1 amide bonds. The largest absolute Gasteiger partial charge is 0.369 e. The first-order valence-corrected chi connectivity index (χ1v) is 8.49. The Kier molecular flexibility index (Phi) is 2.78. The zero-order valence-electron chi connectivity index (χ0n) is 13.2. The number of nitrogens with one attached hydrogen (secondary N) is 2. The Morgan fingerprint density at radius 2 is 2.12 bits per heavy atom. The third-order valence-corrected chi connectivity index (χ3v) is 5.67. The molecular weight excluding hydrogens is 305 g/mol. The van der Waals surface area contributed by atoms with Gasteiger partial charge in [-0.25, -0.2) is 9.37 Å². The molecule has 4 nitrogen and oxygen atoms in total. The summed E-state index contributed by atoms with van der Waals surface area (Å²) in [5.74, 6) is 0.170. The van der Waals surface area contributed by atoms with E-state index in [1.807, 2.05) is 6.07 Å². The van der Waals surface area contributed by atoms with E-state index in [9.17, 15) is 4.79 Å². The van der Waals surface area contributed by atoms with Crippen molar-refractivity contribution in [3.63, 3.8) is 0 Å². The van der Waals surface area contributed by atoms with E-state index in [2.05, 4.69) is 21.7 Å². The van der Waals surface area contributed by atoms with E-state index in [1.54, 1.807) is 18.3 Å². The van der Waals surface area contributed by atoms with Crippen LogP contribution in [-0.4, -0.2) is 24.0 Å². The third kappa shape index (κ3) is 1.90. The van der Waals surface area contributed by atoms with Crippen molar-refractivity contribution in [2.75, 3.05) is 18.4 Å². The molecule has 2 aromatic rings. The maximum atomic E-state index is 15.1. The first-order valence-electron chi connectivity index (χ1n) is 8.49. The van der Waals surface area contributed by atoms with Gasteiger partial charge in [0.1, 0.15) is 11.6 Å². The van der Waals surface area contributed by atoms with Crippen molar-refractivity contribution in [1.82, 2.24) is 10.3 Å². The number of halogens is 1. The number of fused-ring (bicyclic) bond motifs is 2. The first kappa shape index (κ1) is 14.0. The number of rotatable bonds is 2. The molecule has 1 aliphatic carbocycles. The van der Waals surface area contributed by atoms with Crippen LogP contribution < -0.4 is 10.6 Å². The summed E-state index contributed by atoms with van der Waals surface area (Å²) in [6.07, 6.45) is 4.71. The zero-order chi connectivity index (χ0) is 16.3. The summed E-state index contributed by atoms with van der Waals surface area (Å²) in [4.78, 5) is 16.4. The molecule has 0 radical (unpaired) electrons. The molecule has 5 rings (SSSR count). The van der Waals surface area contributed by atoms with Crippen LogP contribution in [0.1, 0.15) is 36.3 Å². The van der Waals surface area contributed by atoms with Crippen molar-refractivity contribution in [1.29, 1.82) is 0 Å². The number of aromatic nitrogens is 1. The fourth-order valence-corrected chi connectivity index (χ4v) is 4.03. The molecule has 1 atom stereocenters. The average molecular weight is 323 g/mol. The fraction of sp³-hybridized carbons (Fsp3) is 0.368. The molecule has 2 aliphatic heterocycles. The highest BCUT2D eigenvalue weighted by Crippen LogP contribution is 2.54. The van der Waals surface area contributed by atoms with Crippen LogP contribution in [0, 0.1) is 5.82 Å². The maximum absolute atomic E-state index is 15.1. The number of hydrogen-bond acceptors (Lipinski definition) is 3. The second kappa shape index (κ2) is 4.79. The highest BCUT2D eigenvalue weighted by molar-refractivity contribution is 5.86. The molecule has 1 saturated carbocycles. The Morgan fingerprint density at radius 1 is 1.25 bits per heavy atom. The number of anilines is 1. The van der Waals surface area contributed by atoms with Crippen molar-refractivity contribution in [2.45, 2.75) is 30.6 Å². The molecule has 24 heavy (non-hydrogen) atoms. The predicted molar refractivity (Wildman–Crippen MR) is 89.4 cm³/mol. The number of hydrogen-bond donors (Lipinski definition) is 2. The van der Waals surface area contributed by atoms with E-state index >= 15 is 4.39 Å². The van der Waals surface area contributed by atoms with Gasteiger partial charge >= 0.3 is 0 Å². The summed E-state index contributed by atoms with van der Waals surface area (Å²) in [5, 5.41) is 6.13. The normalized spacial score (nSPS) is 23.0. The van der Waals surface area contributed by atoms with Crippen molar-refractivity contribution in [3.05, 3.63) is 47.4 Å². The van der Waals surface area contributed by atoms with Gasteiger partial charge in [-0.1, -0.05) is 18.2 Å². The van der Waals surface area contributed by atoms with Gasteiger partial charge in [-0.2, -0.15) is 0 Å². The van der Waals surface area contributed by atoms with E-state index in [1.165, 1.54) is 18.4 Å². The molecule has 3 aliphatic rings. The van der Waals surface area contributed by atoms with Gasteiger partial charge < -0.3 is 10.6 Å². The van der Waals surface area contributed by atoms with Crippen LogP contribution in [-0.2, 0) is 10.2 Å². The Balaban J connectivity index is 1.59. The van der Waals surface area contributed by atoms with Crippen molar-refractivity contribution in [3.8, 4) is 11.1 Å². The number of nitrogens with zero attached hydrogens (tertiary/aromatic N) is 1. The van der Waals surface area contributed by atoms with Gasteiger partial charge in [-0.3, -0.25) is 4.79 Å². The van der Waals surface area contributed by atoms with Crippen LogP contribution in [0.25, 0.3) is 11.1 Å². The summed E-state index contributed by atoms with van der Waals surface area (Å²) in [7, 11) is 0. The minimum Gasteiger partial charge on any atom is -0.369 e. The van der Waals surface area contributed by atoms with Gasteiger partial charge in [0.05, 0.1) is 5.92 Å². The number of benzene rings is 1. The lowest BCUT2D eigenvalue weighted by molar-refractivity contribution is -0.120. The van der Waals surface area contributed by atoms with Crippen molar-refractivity contribution in [2.24, 2.45) is 0 Å². The average Bonchev–Trinajstić information content (AvgIpc) is 3.13. The molecule has 2 N–H and O–H groups in total. The highest BCUT2D eigenvalue weighted by atomic mass is 19.1. The first-order chi connectivity index (χ1) is 11.7. The number of carbonyl (C=O) groups is 1. The predicted octanol–water partition coefficient (Wildman–Crippen LogP) is 2.95. The molecule has 3 heterocycles. The van der Waals surface area contributed by atoms with Crippen LogP contribution in [0.4, 0.5) is 10.2 Å². The van der Waals surface area contributed by atoms with E-state index in [-0.39, 0.29) is 23.1 Å². The lowest BCUT2D eigenvalue weighted by Gasteiger charge is -2.13. The summed E-state index contributed by atoms with van der Waals surface area (Å²) in [5.41, 5.74) is 3.25. The van der Waals surface area contributed by atoms with Gasteiger partial charge in [-0.05, 0) is 25.3 Å². The summed E-state index contributed by atoms with van der Waals surface area (Å²) < 4.78 is 15.1. The van der Waals surface area contributed by atoms with Crippen LogP contribution in [0.2, 0.25) is 0 Å². The van der Waals surface area contributed by atoms with Gasteiger partial charge in [0.25, 0.3) is 0 Å². The SMILES string of the molecule is O=C1NCCC1c1cccc(-c2cnc3c(c2)C2(CC2)CN3)c1F. The quantitative estimate of drug-likeness (QED) is 0.893. The fourth-order valence-electron chi connectivity index (χ4n) is 4.03. The number of amides is 1. The molecule has 1 saturated heterocycles. The number of carbonyl (C=O) groups excluding carboxylic acids is 1. The molecule has 1 spiro atoms. The smallest absolute Gasteiger partial charge is 0.227 e. The van der Waals surface area contributed by atoms with E-state index in [0.29, 0.717) is 24.1 Å². The van der Waals surface area contributed by atoms with Crippen LogP contribution in [0.15, 0.2) is 30.5 Å². The minimum absolute atomic E-state index is 0.0840. The monoisotopic (exact) mass is 323 g/mol. The molecular formula is C19H18FN3O. The molecule has 1 unspecified atom stereocenters. The molecule has 5 heteroatoms. The van der Waals surface area contributed by atoms with Gasteiger partial charge in [-0.15, -0.1) is 0 Å². The molecule has 2 fully saturated rings. The van der Waals surface area contributed by atoms with E-state index < -0.39 is 0 Å².